The number of carbonyl (C=O) groups is 1. The van der Waals surface area contributed by atoms with Gasteiger partial charge in [0.15, 0.2) is 0 Å². The molecule has 0 aliphatic rings. The van der Waals surface area contributed by atoms with Gasteiger partial charge in [0.25, 0.3) is 5.91 Å². The highest BCUT2D eigenvalue weighted by molar-refractivity contribution is 6.14. The van der Waals surface area contributed by atoms with Gasteiger partial charge in [-0.25, -0.2) is 4.98 Å². The summed E-state index contributed by atoms with van der Waals surface area (Å²) in [4.78, 5) is 21.9. The second-order valence-electron chi connectivity index (χ2n) is 6.04. The van der Waals surface area contributed by atoms with Crippen LogP contribution in [0.4, 0.5) is 5.69 Å². The third kappa shape index (κ3) is 2.93. The van der Waals surface area contributed by atoms with E-state index >= 15 is 0 Å². The van der Waals surface area contributed by atoms with Crippen molar-refractivity contribution in [2.24, 2.45) is 0 Å². The van der Waals surface area contributed by atoms with Crippen LogP contribution in [0.2, 0.25) is 0 Å². The molecular weight excluding hydrogens is 322 g/mol. The molecule has 0 aliphatic carbocycles. The van der Waals surface area contributed by atoms with Gasteiger partial charge in [0.05, 0.1) is 28.7 Å². The van der Waals surface area contributed by atoms with Crippen molar-refractivity contribution in [3.05, 3.63) is 90.3 Å². The third-order valence-electron chi connectivity index (χ3n) is 4.33. The first-order valence-electron chi connectivity index (χ1n) is 8.40. The minimum Gasteiger partial charge on any atom is -0.321 e. The molecular formula is C22H17N3O. The summed E-state index contributed by atoms with van der Waals surface area (Å²) >= 11 is 0. The van der Waals surface area contributed by atoms with E-state index in [9.17, 15) is 4.79 Å². The highest BCUT2D eigenvalue weighted by Crippen LogP contribution is 2.30. The van der Waals surface area contributed by atoms with Crippen molar-refractivity contribution in [1.82, 2.24) is 9.97 Å². The molecule has 2 heterocycles. The van der Waals surface area contributed by atoms with Gasteiger partial charge in [0.1, 0.15) is 0 Å². The fraction of sp³-hybridized carbons (Fsp3) is 0.0455. The van der Waals surface area contributed by atoms with Crippen molar-refractivity contribution in [2.75, 3.05) is 5.32 Å². The van der Waals surface area contributed by atoms with Crippen molar-refractivity contribution in [3.8, 4) is 11.3 Å². The van der Waals surface area contributed by atoms with Crippen LogP contribution in [-0.4, -0.2) is 15.9 Å². The quantitative estimate of drug-likeness (QED) is 0.580. The Morgan fingerprint density at radius 3 is 2.46 bits per heavy atom. The van der Waals surface area contributed by atoms with Crippen LogP contribution in [-0.2, 0) is 0 Å². The second kappa shape index (κ2) is 6.76. The smallest absolute Gasteiger partial charge is 0.256 e. The van der Waals surface area contributed by atoms with E-state index in [4.69, 9.17) is 4.98 Å². The van der Waals surface area contributed by atoms with Gasteiger partial charge < -0.3 is 5.32 Å². The zero-order valence-corrected chi connectivity index (χ0v) is 14.3. The van der Waals surface area contributed by atoms with Crippen molar-refractivity contribution in [3.63, 3.8) is 0 Å². The maximum absolute atomic E-state index is 13.1. The first-order valence-corrected chi connectivity index (χ1v) is 8.40. The van der Waals surface area contributed by atoms with Crippen molar-refractivity contribution in [1.29, 1.82) is 0 Å². The number of benzene rings is 2. The number of pyridine rings is 2. The number of para-hydroxylation sites is 1. The van der Waals surface area contributed by atoms with Gasteiger partial charge in [-0.1, -0.05) is 48.5 Å². The Morgan fingerprint density at radius 1 is 0.923 bits per heavy atom. The first kappa shape index (κ1) is 16.0. The first-order chi connectivity index (χ1) is 12.7. The van der Waals surface area contributed by atoms with Gasteiger partial charge in [-0.15, -0.1) is 0 Å². The molecule has 26 heavy (non-hydrogen) atoms. The van der Waals surface area contributed by atoms with Crippen LogP contribution < -0.4 is 5.32 Å². The van der Waals surface area contributed by atoms with Crippen LogP contribution in [0, 0.1) is 6.92 Å². The number of hydrogen-bond acceptors (Lipinski definition) is 3. The largest absolute Gasteiger partial charge is 0.321 e. The van der Waals surface area contributed by atoms with Crippen LogP contribution in [0.3, 0.4) is 0 Å². The lowest BCUT2D eigenvalue weighted by atomic mass is 9.97. The number of carbonyl (C=O) groups excluding carboxylic acids is 1. The van der Waals surface area contributed by atoms with Crippen LogP contribution >= 0.6 is 0 Å². The van der Waals surface area contributed by atoms with Gasteiger partial charge in [0, 0.05) is 17.1 Å². The molecule has 0 fully saturated rings. The lowest BCUT2D eigenvalue weighted by Crippen LogP contribution is -2.15. The molecule has 2 aromatic carbocycles. The molecule has 4 rings (SSSR count). The maximum atomic E-state index is 13.1. The van der Waals surface area contributed by atoms with E-state index in [1.54, 1.807) is 18.5 Å². The molecule has 2 aromatic heterocycles. The van der Waals surface area contributed by atoms with Gasteiger partial charge in [0.2, 0.25) is 0 Å². The number of rotatable bonds is 3. The lowest BCUT2D eigenvalue weighted by Gasteiger charge is -2.14. The highest BCUT2D eigenvalue weighted by Gasteiger charge is 2.18. The minimum atomic E-state index is -0.161. The molecule has 4 heteroatoms. The van der Waals surface area contributed by atoms with E-state index in [0.29, 0.717) is 11.3 Å². The van der Waals surface area contributed by atoms with Crippen LogP contribution in [0.25, 0.3) is 22.2 Å². The van der Waals surface area contributed by atoms with Crippen LogP contribution in [0.5, 0.6) is 0 Å². The summed E-state index contributed by atoms with van der Waals surface area (Å²) in [6, 6.07) is 21.3. The number of hydrogen-bond donors (Lipinski definition) is 1. The molecule has 0 bridgehead atoms. The Morgan fingerprint density at radius 2 is 1.69 bits per heavy atom. The Labute approximate surface area is 151 Å². The number of anilines is 1. The third-order valence-corrected chi connectivity index (χ3v) is 4.33. The second-order valence-corrected chi connectivity index (χ2v) is 6.04. The standard InChI is InChI=1S/C22H17N3O/c1-15-20(22(26)24-17-10-7-13-23-14-17)18-11-5-6-12-19(18)25-21(15)16-8-3-2-4-9-16/h2-14H,1H3,(H,24,26). The SMILES string of the molecule is Cc1c(-c2ccccc2)nc2ccccc2c1C(=O)Nc1cccnc1. The summed E-state index contributed by atoms with van der Waals surface area (Å²) in [5.41, 5.74) is 4.77. The predicted octanol–water partition coefficient (Wildman–Crippen LogP) is 4.86. The molecule has 0 saturated carbocycles. The van der Waals surface area contributed by atoms with Gasteiger partial charge >= 0.3 is 0 Å². The van der Waals surface area contributed by atoms with E-state index in [1.807, 2.05) is 67.6 Å². The summed E-state index contributed by atoms with van der Waals surface area (Å²) < 4.78 is 0. The Balaban J connectivity index is 1.90. The molecule has 0 spiro atoms. The average molecular weight is 339 g/mol. The molecule has 0 aliphatic heterocycles. The molecule has 4 nitrogen and oxygen atoms in total. The number of fused-ring (bicyclic) bond motifs is 1. The molecule has 0 unspecified atom stereocenters. The maximum Gasteiger partial charge on any atom is 0.256 e. The van der Waals surface area contributed by atoms with Crippen molar-refractivity contribution < 1.29 is 4.79 Å². The fourth-order valence-corrected chi connectivity index (χ4v) is 3.11. The summed E-state index contributed by atoms with van der Waals surface area (Å²) in [7, 11) is 0. The number of amides is 1. The number of nitrogens with zero attached hydrogens (tertiary/aromatic N) is 2. The van der Waals surface area contributed by atoms with Gasteiger partial charge in [-0.2, -0.15) is 0 Å². The Bertz CT molecular complexity index is 1080. The molecule has 0 saturated heterocycles. The van der Waals surface area contributed by atoms with Crippen LogP contribution in [0.1, 0.15) is 15.9 Å². The minimum absolute atomic E-state index is 0.161. The summed E-state index contributed by atoms with van der Waals surface area (Å²) in [6.07, 6.45) is 3.31. The Hall–Kier alpha value is -3.53. The average Bonchev–Trinajstić information content (AvgIpc) is 2.69. The topological polar surface area (TPSA) is 54.9 Å². The van der Waals surface area contributed by atoms with E-state index in [-0.39, 0.29) is 5.91 Å². The van der Waals surface area contributed by atoms with Crippen molar-refractivity contribution >= 4 is 22.5 Å². The highest BCUT2D eigenvalue weighted by atomic mass is 16.1. The molecule has 0 radical (unpaired) electrons. The molecule has 1 N–H and O–H groups in total. The van der Waals surface area contributed by atoms with Crippen molar-refractivity contribution in [2.45, 2.75) is 6.92 Å². The van der Waals surface area contributed by atoms with Gasteiger partial charge in [-0.3, -0.25) is 9.78 Å². The Kier molecular flexibility index (Phi) is 4.15. The van der Waals surface area contributed by atoms with E-state index in [2.05, 4.69) is 10.3 Å². The molecule has 126 valence electrons. The fourth-order valence-electron chi connectivity index (χ4n) is 3.11. The number of aromatic nitrogens is 2. The number of nitrogens with one attached hydrogen (secondary N) is 1. The lowest BCUT2D eigenvalue weighted by molar-refractivity contribution is 0.102. The molecule has 0 atom stereocenters. The van der Waals surface area contributed by atoms with E-state index in [1.165, 1.54) is 0 Å². The molecule has 1 amide bonds. The zero-order chi connectivity index (χ0) is 17.9. The monoisotopic (exact) mass is 339 g/mol. The zero-order valence-electron chi connectivity index (χ0n) is 14.3. The summed E-state index contributed by atoms with van der Waals surface area (Å²) in [5, 5.41) is 3.78. The predicted molar refractivity (Wildman–Crippen MR) is 104 cm³/mol. The summed E-state index contributed by atoms with van der Waals surface area (Å²) in [5.74, 6) is -0.161. The van der Waals surface area contributed by atoms with Crippen LogP contribution in [0.15, 0.2) is 79.1 Å². The van der Waals surface area contributed by atoms with Gasteiger partial charge in [-0.05, 0) is 30.7 Å². The normalized spacial score (nSPS) is 10.7. The summed E-state index contributed by atoms with van der Waals surface area (Å²) in [6.45, 7) is 1.94. The molecule has 4 aromatic rings. The van der Waals surface area contributed by atoms with E-state index < -0.39 is 0 Å². The van der Waals surface area contributed by atoms with E-state index in [0.717, 1.165) is 27.7 Å².